The highest BCUT2D eigenvalue weighted by Gasteiger charge is 2.07. The van der Waals surface area contributed by atoms with Crippen molar-refractivity contribution in [2.45, 2.75) is 13.3 Å². The number of imide groups is 1. The number of hydrogen-bond donors (Lipinski definition) is 2. The third-order valence-corrected chi connectivity index (χ3v) is 2.05. The Morgan fingerprint density at radius 3 is 2.05 bits per heavy atom. The highest BCUT2D eigenvalue weighted by atomic mass is 35.5. The van der Waals surface area contributed by atoms with E-state index in [1.165, 1.54) is 6.92 Å². The summed E-state index contributed by atoms with van der Waals surface area (Å²) in [5.74, 6) is -2.50. The summed E-state index contributed by atoms with van der Waals surface area (Å²) in [6.07, 6.45) is -0.361. The number of carbonyl (C=O) groups is 4. The van der Waals surface area contributed by atoms with Gasteiger partial charge >= 0.3 is 5.97 Å². The van der Waals surface area contributed by atoms with Crippen LogP contribution in [-0.4, -0.2) is 34.6 Å². The molecule has 0 heterocycles. The molecule has 0 aliphatic heterocycles. The van der Waals surface area contributed by atoms with Crippen molar-refractivity contribution in [3.8, 4) is 0 Å². The van der Waals surface area contributed by atoms with Crippen molar-refractivity contribution in [3.63, 3.8) is 0 Å². The van der Waals surface area contributed by atoms with Crippen LogP contribution >= 0.6 is 11.6 Å². The third kappa shape index (κ3) is 8.82. The molecule has 1 rings (SSSR count). The monoisotopic (exact) mass is 299 g/mol. The summed E-state index contributed by atoms with van der Waals surface area (Å²) in [7, 11) is 0. The first-order valence-electron chi connectivity index (χ1n) is 5.53. The van der Waals surface area contributed by atoms with Crippen LogP contribution in [0.15, 0.2) is 30.3 Å². The van der Waals surface area contributed by atoms with Crippen LogP contribution in [0.4, 0.5) is 0 Å². The van der Waals surface area contributed by atoms with Crippen LogP contribution in [0.25, 0.3) is 0 Å². The minimum Gasteiger partial charge on any atom is -0.481 e. The summed E-state index contributed by atoms with van der Waals surface area (Å²) in [6.45, 7) is 1.24. The number of hydrogen-bond acceptors (Lipinski definition) is 4. The zero-order valence-corrected chi connectivity index (χ0v) is 11.5. The second kappa shape index (κ2) is 9.69. The number of halogens is 1. The minimum absolute atomic E-state index is 0.210. The summed E-state index contributed by atoms with van der Waals surface area (Å²) in [5.41, 5.74) is 0.445. The maximum atomic E-state index is 11.2. The van der Waals surface area contributed by atoms with Gasteiger partial charge in [0.15, 0.2) is 0 Å². The van der Waals surface area contributed by atoms with Gasteiger partial charge in [-0.2, -0.15) is 0 Å². The fraction of sp³-hybridized carbons (Fsp3) is 0.231. The molecule has 0 unspecified atom stereocenters. The number of carboxylic acid groups (broad SMARTS) is 1. The number of aliphatic carboxylic acids is 1. The van der Waals surface area contributed by atoms with Crippen molar-refractivity contribution in [1.29, 1.82) is 0 Å². The van der Waals surface area contributed by atoms with Crippen molar-refractivity contribution in [3.05, 3.63) is 35.9 Å². The maximum absolute atomic E-state index is 11.2. The van der Waals surface area contributed by atoms with E-state index in [1.54, 1.807) is 30.3 Å². The Morgan fingerprint density at radius 2 is 1.70 bits per heavy atom. The van der Waals surface area contributed by atoms with E-state index < -0.39 is 17.8 Å². The smallest absolute Gasteiger partial charge is 0.310 e. The molecule has 0 atom stereocenters. The van der Waals surface area contributed by atoms with Gasteiger partial charge in [-0.1, -0.05) is 18.2 Å². The van der Waals surface area contributed by atoms with Crippen LogP contribution in [0.1, 0.15) is 23.7 Å². The lowest BCUT2D eigenvalue weighted by molar-refractivity contribution is -0.139. The largest absolute Gasteiger partial charge is 0.481 e. The number of alkyl halides is 1. The molecule has 0 aromatic heterocycles. The fourth-order valence-corrected chi connectivity index (χ4v) is 1.10. The number of carboxylic acids is 1. The van der Waals surface area contributed by atoms with Crippen molar-refractivity contribution in [2.24, 2.45) is 0 Å². The minimum atomic E-state index is -1.06. The average Bonchev–Trinajstić information content (AvgIpc) is 2.38. The summed E-state index contributed by atoms with van der Waals surface area (Å²) in [6, 6.07) is 8.48. The molecule has 0 saturated heterocycles. The van der Waals surface area contributed by atoms with E-state index in [9.17, 15) is 19.2 Å². The molecule has 0 radical (unpaired) electrons. The number of amides is 2. The van der Waals surface area contributed by atoms with Crippen LogP contribution in [0.3, 0.4) is 0 Å². The van der Waals surface area contributed by atoms with Crippen LogP contribution in [0.2, 0.25) is 0 Å². The van der Waals surface area contributed by atoms with Crippen LogP contribution in [0.5, 0.6) is 0 Å². The standard InChI is InChI=1S/C9H8ClNO2.C4H6O3/c10-6-8(12)11-9(13)7-4-2-1-3-5-7;1-3(5)2-4(6)7/h1-5H,6H2,(H,11,12,13);2H2,1H3,(H,6,7). The molecule has 7 heteroatoms. The summed E-state index contributed by atoms with van der Waals surface area (Å²) in [4.78, 5) is 41.4. The van der Waals surface area contributed by atoms with E-state index in [4.69, 9.17) is 16.7 Å². The Hall–Kier alpha value is -2.21. The second-order valence-corrected chi connectivity index (χ2v) is 3.92. The molecule has 0 aliphatic carbocycles. The Kier molecular flexibility index (Phi) is 8.61. The van der Waals surface area contributed by atoms with E-state index in [1.807, 2.05) is 0 Å². The first-order chi connectivity index (χ1) is 9.36. The number of carbonyl (C=O) groups excluding carboxylic acids is 3. The predicted molar refractivity (Wildman–Crippen MR) is 72.6 cm³/mol. The Bertz CT molecular complexity index is 475. The molecular weight excluding hydrogens is 286 g/mol. The number of rotatable bonds is 4. The average molecular weight is 300 g/mol. The Labute approximate surface area is 120 Å². The topological polar surface area (TPSA) is 101 Å². The fourth-order valence-electron chi connectivity index (χ4n) is 1.03. The zero-order valence-electron chi connectivity index (χ0n) is 10.8. The molecule has 20 heavy (non-hydrogen) atoms. The molecule has 2 amide bonds. The van der Waals surface area contributed by atoms with E-state index in [0.717, 1.165) is 0 Å². The van der Waals surface area contributed by atoms with Crippen molar-refractivity contribution in [1.82, 2.24) is 5.32 Å². The zero-order chi connectivity index (χ0) is 15.5. The predicted octanol–water partition coefficient (Wildman–Crippen LogP) is 1.23. The van der Waals surface area contributed by atoms with Crippen molar-refractivity contribution < 1.29 is 24.3 Å². The van der Waals surface area contributed by atoms with Crippen molar-refractivity contribution in [2.75, 3.05) is 5.88 Å². The van der Waals surface area contributed by atoms with E-state index >= 15 is 0 Å². The molecule has 0 saturated carbocycles. The van der Waals surface area contributed by atoms with Gasteiger partial charge in [-0.05, 0) is 19.1 Å². The molecule has 108 valence electrons. The first-order valence-corrected chi connectivity index (χ1v) is 6.06. The van der Waals surface area contributed by atoms with Gasteiger partial charge in [0.2, 0.25) is 5.91 Å². The van der Waals surface area contributed by atoms with Gasteiger partial charge in [0.05, 0.1) is 0 Å². The third-order valence-electron chi connectivity index (χ3n) is 1.81. The van der Waals surface area contributed by atoms with Gasteiger partial charge in [-0.3, -0.25) is 24.5 Å². The maximum Gasteiger partial charge on any atom is 0.310 e. The second-order valence-electron chi connectivity index (χ2n) is 3.65. The number of benzene rings is 1. The molecule has 1 aromatic rings. The quantitative estimate of drug-likeness (QED) is 0.643. The van der Waals surface area contributed by atoms with E-state index in [2.05, 4.69) is 5.32 Å². The van der Waals surface area contributed by atoms with Gasteiger partial charge in [-0.25, -0.2) is 0 Å². The lowest BCUT2D eigenvalue weighted by atomic mass is 10.2. The molecule has 2 N–H and O–H groups in total. The van der Waals surface area contributed by atoms with Gasteiger partial charge in [0.25, 0.3) is 5.91 Å². The molecular formula is C13H14ClNO5. The Balaban J connectivity index is 0.000000441. The van der Waals surface area contributed by atoms with Crippen LogP contribution < -0.4 is 5.32 Å². The van der Waals surface area contributed by atoms with Crippen molar-refractivity contribution >= 4 is 35.2 Å². The SMILES string of the molecule is CC(=O)CC(=O)O.O=C(CCl)NC(=O)c1ccccc1. The molecule has 0 aliphatic rings. The van der Waals surface area contributed by atoms with Gasteiger partial charge in [0, 0.05) is 5.56 Å². The highest BCUT2D eigenvalue weighted by molar-refractivity contribution is 6.28. The number of nitrogens with one attached hydrogen (secondary N) is 1. The number of Topliss-reactive ketones (excluding diaryl/α,β-unsaturated/α-hetero) is 1. The van der Waals surface area contributed by atoms with Crippen LogP contribution in [0, 0.1) is 0 Å². The normalized spacial score (nSPS) is 8.90. The molecule has 6 nitrogen and oxygen atoms in total. The number of ketones is 1. The summed E-state index contributed by atoms with van der Waals surface area (Å²) in [5, 5.41) is 10.00. The molecule has 0 bridgehead atoms. The molecule has 1 aromatic carbocycles. The lowest BCUT2D eigenvalue weighted by Crippen LogP contribution is -2.31. The van der Waals surface area contributed by atoms with Gasteiger partial charge in [0.1, 0.15) is 18.1 Å². The van der Waals surface area contributed by atoms with Gasteiger partial charge in [-0.15, -0.1) is 11.6 Å². The van der Waals surface area contributed by atoms with Crippen LogP contribution in [-0.2, 0) is 14.4 Å². The van der Waals surface area contributed by atoms with Gasteiger partial charge < -0.3 is 5.11 Å². The Morgan fingerprint density at radius 1 is 1.15 bits per heavy atom. The van der Waals surface area contributed by atoms with E-state index in [0.29, 0.717) is 5.56 Å². The molecule has 0 spiro atoms. The summed E-state index contributed by atoms with van der Waals surface area (Å²) >= 11 is 5.22. The highest BCUT2D eigenvalue weighted by Crippen LogP contribution is 1.97. The van der Waals surface area contributed by atoms with E-state index in [-0.39, 0.29) is 18.1 Å². The first kappa shape index (κ1) is 17.8. The lowest BCUT2D eigenvalue weighted by Gasteiger charge is -2.00. The summed E-state index contributed by atoms with van der Waals surface area (Å²) < 4.78 is 0. The molecule has 0 fully saturated rings.